The molecule has 1 unspecified atom stereocenters. The summed E-state index contributed by atoms with van der Waals surface area (Å²) in [5, 5.41) is 2.95. The monoisotopic (exact) mass is 292 g/mol. The Morgan fingerprint density at radius 2 is 2.24 bits per heavy atom. The molecule has 0 bridgehead atoms. The minimum Gasteiger partial charge on any atom is -0.490 e. The van der Waals surface area contributed by atoms with Crippen LogP contribution in [0.4, 0.5) is 0 Å². The van der Waals surface area contributed by atoms with E-state index in [0.717, 1.165) is 18.4 Å². The number of amides is 1. The Hall–Kier alpha value is -1.75. The van der Waals surface area contributed by atoms with Crippen molar-refractivity contribution in [3.05, 3.63) is 23.8 Å². The van der Waals surface area contributed by atoms with E-state index < -0.39 is 6.10 Å². The van der Waals surface area contributed by atoms with Crippen LogP contribution in [0.5, 0.6) is 11.5 Å². The van der Waals surface area contributed by atoms with Crippen LogP contribution in [0.15, 0.2) is 18.2 Å². The van der Waals surface area contributed by atoms with Crippen molar-refractivity contribution in [3.63, 3.8) is 0 Å². The first-order chi connectivity index (χ1) is 10.2. The Bertz CT molecular complexity index is 462. The summed E-state index contributed by atoms with van der Waals surface area (Å²) in [6, 6.07) is 6.05. The SMILES string of the molecule is CCOc1cccc(CCN)c1OC(C)C(=O)NC1CC1. The summed E-state index contributed by atoms with van der Waals surface area (Å²) in [6.07, 6.45) is 2.26. The molecule has 2 rings (SSSR count). The highest BCUT2D eigenvalue weighted by Gasteiger charge is 2.27. The van der Waals surface area contributed by atoms with Gasteiger partial charge in [-0.1, -0.05) is 12.1 Å². The van der Waals surface area contributed by atoms with Crippen LogP contribution >= 0.6 is 0 Å². The summed E-state index contributed by atoms with van der Waals surface area (Å²) in [6.45, 7) is 4.74. The predicted molar refractivity (Wildman–Crippen MR) is 81.6 cm³/mol. The lowest BCUT2D eigenvalue weighted by molar-refractivity contribution is -0.127. The van der Waals surface area contributed by atoms with Crippen LogP contribution in [-0.2, 0) is 11.2 Å². The number of rotatable bonds is 8. The van der Waals surface area contributed by atoms with E-state index in [0.29, 0.717) is 37.1 Å². The van der Waals surface area contributed by atoms with Gasteiger partial charge in [-0.3, -0.25) is 4.79 Å². The van der Waals surface area contributed by atoms with E-state index in [-0.39, 0.29) is 5.91 Å². The molecule has 1 fully saturated rings. The van der Waals surface area contributed by atoms with E-state index in [1.807, 2.05) is 25.1 Å². The first kappa shape index (κ1) is 15.6. The van der Waals surface area contributed by atoms with Gasteiger partial charge in [0.25, 0.3) is 5.91 Å². The van der Waals surface area contributed by atoms with Crippen molar-refractivity contribution in [2.75, 3.05) is 13.2 Å². The van der Waals surface area contributed by atoms with E-state index in [9.17, 15) is 4.79 Å². The summed E-state index contributed by atoms with van der Waals surface area (Å²) in [7, 11) is 0. The summed E-state index contributed by atoms with van der Waals surface area (Å²) < 4.78 is 11.5. The largest absolute Gasteiger partial charge is 0.490 e. The van der Waals surface area contributed by atoms with Gasteiger partial charge in [0.1, 0.15) is 0 Å². The molecule has 0 saturated heterocycles. The van der Waals surface area contributed by atoms with Gasteiger partial charge in [-0.25, -0.2) is 0 Å². The molecule has 1 atom stereocenters. The molecule has 1 amide bonds. The number of benzene rings is 1. The Balaban J connectivity index is 2.12. The van der Waals surface area contributed by atoms with Crippen LogP contribution < -0.4 is 20.5 Å². The molecule has 0 heterocycles. The molecule has 5 heteroatoms. The fraction of sp³-hybridized carbons (Fsp3) is 0.562. The van der Waals surface area contributed by atoms with Gasteiger partial charge in [0.05, 0.1) is 6.61 Å². The molecule has 21 heavy (non-hydrogen) atoms. The molecule has 1 aromatic carbocycles. The Morgan fingerprint density at radius 3 is 2.86 bits per heavy atom. The third kappa shape index (κ3) is 4.36. The number of nitrogens with two attached hydrogens (primary N) is 1. The topological polar surface area (TPSA) is 73.6 Å². The van der Waals surface area contributed by atoms with E-state index in [4.69, 9.17) is 15.2 Å². The number of carbonyl (C=O) groups is 1. The fourth-order valence-corrected chi connectivity index (χ4v) is 2.09. The zero-order chi connectivity index (χ0) is 15.2. The van der Waals surface area contributed by atoms with E-state index in [1.165, 1.54) is 0 Å². The maximum atomic E-state index is 12.0. The Morgan fingerprint density at radius 1 is 1.48 bits per heavy atom. The quantitative estimate of drug-likeness (QED) is 0.764. The van der Waals surface area contributed by atoms with Crippen LogP contribution in [0.1, 0.15) is 32.3 Å². The maximum absolute atomic E-state index is 12.0. The van der Waals surface area contributed by atoms with Gasteiger partial charge in [-0.15, -0.1) is 0 Å². The molecule has 1 aromatic rings. The van der Waals surface area contributed by atoms with Gasteiger partial charge in [-0.2, -0.15) is 0 Å². The number of para-hydroxylation sites is 1. The van der Waals surface area contributed by atoms with Gasteiger partial charge in [-0.05, 0) is 51.3 Å². The molecule has 5 nitrogen and oxygen atoms in total. The van der Waals surface area contributed by atoms with Gasteiger partial charge in [0.2, 0.25) is 0 Å². The van der Waals surface area contributed by atoms with Crippen molar-refractivity contribution in [3.8, 4) is 11.5 Å². The molecule has 1 aliphatic rings. The molecule has 1 aliphatic carbocycles. The van der Waals surface area contributed by atoms with E-state index in [2.05, 4.69) is 5.32 Å². The zero-order valence-electron chi connectivity index (χ0n) is 12.7. The Labute approximate surface area is 125 Å². The second-order valence-corrected chi connectivity index (χ2v) is 5.26. The zero-order valence-corrected chi connectivity index (χ0v) is 12.7. The lowest BCUT2D eigenvalue weighted by Gasteiger charge is -2.20. The molecular formula is C16H24N2O3. The van der Waals surface area contributed by atoms with E-state index in [1.54, 1.807) is 6.92 Å². The third-order valence-electron chi connectivity index (χ3n) is 3.36. The number of nitrogens with one attached hydrogen (secondary N) is 1. The average Bonchev–Trinajstić information content (AvgIpc) is 3.26. The molecule has 0 aromatic heterocycles. The standard InChI is InChI=1S/C16H24N2O3/c1-3-20-14-6-4-5-12(9-10-17)15(14)21-11(2)16(19)18-13-7-8-13/h4-6,11,13H,3,7-10,17H2,1-2H3,(H,18,19). The number of carbonyl (C=O) groups excluding carboxylic acids is 1. The fourth-order valence-electron chi connectivity index (χ4n) is 2.09. The maximum Gasteiger partial charge on any atom is 0.260 e. The van der Waals surface area contributed by atoms with Crippen LogP contribution in [0.3, 0.4) is 0 Å². The normalized spacial score (nSPS) is 15.4. The van der Waals surface area contributed by atoms with Crippen LogP contribution in [0.25, 0.3) is 0 Å². The molecule has 116 valence electrons. The van der Waals surface area contributed by atoms with E-state index >= 15 is 0 Å². The lowest BCUT2D eigenvalue weighted by Crippen LogP contribution is -2.37. The van der Waals surface area contributed by atoms with Crippen molar-refractivity contribution in [2.45, 2.75) is 45.3 Å². The minimum absolute atomic E-state index is 0.0810. The lowest BCUT2D eigenvalue weighted by atomic mass is 10.1. The van der Waals surface area contributed by atoms with Gasteiger partial charge < -0.3 is 20.5 Å². The highest BCUT2D eigenvalue weighted by Crippen LogP contribution is 2.32. The second-order valence-electron chi connectivity index (χ2n) is 5.26. The summed E-state index contributed by atoms with van der Waals surface area (Å²) in [5.41, 5.74) is 6.61. The van der Waals surface area contributed by atoms with Gasteiger partial charge >= 0.3 is 0 Å². The van der Waals surface area contributed by atoms with Crippen LogP contribution in [0, 0.1) is 0 Å². The first-order valence-corrected chi connectivity index (χ1v) is 7.57. The van der Waals surface area contributed by atoms with Crippen LogP contribution in [-0.4, -0.2) is 31.2 Å². The molecule has 0 spiro atoms. The summed E-state index contributed by atoms with van der Waals surface area (Å²) in [5.74, 6) is 1.21. The highest BCUT2D eigenvalue weighted by molar-refractivity contribution is 5.81. The van der Waals surface area contributed by atoms with Crippen molar-refractivity contribution < 1.29 is 14.3 Å². The second kappa shape index (κ2) is 7.31. The van der Waals surface area contributed by atoms with Crippen LogP contribution in [0.2, 0.25) is 0 Å². The van der Waals surface area contributed by atoms with Gasteiger partial charge in [0, 0.05) is 6.04 Å². The highest BCUT2D eigenvalue weighted by atomic mass is 16.5. The average molecular weight is 292 g/mol. The molecule has 3 N–H and O–H groups in total. The molecule has 1 saturated carbocycles. The molecular weight excluding hydrogens is 268 g/mol. The minimum atomic E-state index is -0.552. The number of hydrogen-bond acceptors (Lipinski definition) is 4. The Kier molecular flexibility index (Phi) is 5.44. The van der Waals surface area contributed by atoms with Crippen molar-refractivity contribution in [1.29, 1.82) is 0 Å². The van der Waals surface area contributed by atoms with Crippen molar-refractivity contribution in [2.24, 2.45) is 5.73 Å². The predicted octanol–water partition coefficient (Wildman–Crippen LogP) is 1.63. The van der Waals surface area contributed by atoms with Crippen molar-refractivity contribution >= 4 is 5.91 Å². The van der Waals surface area contributed by atoms with Crippen molar-refractivity contribution in [1.82, 2.24) is 5.32 Å². The number of ether oxygens (including phenoxy) is 2. The summed E-state index contributed by atoms with van der Waals surface area (Å²) in [4.78, 5) is 12.0. The summed E-state index contributed by atoms with van der Waals surface area (Å²) >= 11 is 0. The molecule has 0 radical (unpaired) electrons. The third-order valence-corrected chi connectivity index (χ3v) is 3.36. The number of hydrogen-bond donors (Lipinski definition) is 2. The first-order valence-electron chi connectivity index (χ1n) is 7.57. The smallest absolute Gasteiger partial charge is 0.260 e. The molecule has 0 aliphatic heterocycles. The van der Waals surface area contributed by atoms with Gasteiger partial charge in [0.15, 0.2) is 17.6 Å².